The summed E-state index contributed by atoms with van der Waals surface area (Å²) >= 11 is 0. The quantitative estimate of drug-likeness (QED) is 0.452. The van der Waals surface area contributed by atoms with Crippen LogP contribution in [0.2, 0.25) is 0 Å². The van der Waals surface area contributed by atoms with Gasteiger partial charge in [0, 0.05) is 18.2 Å². The number of fused-ring (bicyclic) bond motifs is 1. The van der Waals surface area contributed by atoms with Gasteiger partial charge >= 0.3 is 5.97 Å². The van der Waals surface area contributed by atoms with Crippen molar-refractivity contribution in [1.29, 1.82) is 0 Å². The molecule has 2 N–H and O–H groups in total. The maximum absolute atomic E-state index is 11.9. The Balaban J connectivity index is 1.53. The molecule has 4 rings (SSSR count). The van der Waals surface area contributed by atoms with Crippen molar-refractivity contribution in [2.45, 2.75) is 105 Å². The molecule has 0 amide bonds. The summed E-state index contributed by atoms with van der Waals surface area (Å²) in [7, 11) is 0. The highest BCUT2D eigenvalue weighted by Crippen LogP contribution is 2.42. The van der Waals surface area contributed by atoms with Crippen molar-refractivity contribution >= 4 is 16.7 Å². The Labute approximate surface area is 205 Å². The number of rotatable bonds is 7. The van der Waals surface area contributed by atoms with E-state index >= 15 is 0 Å². The zero-order valence-corrected chi connectivity index (χ0v) is 21.7. The molecule has 0 heterocycles. The van der Waals surface area contributed by atoms with Gasteiger partial charge in [-0.3, -0.25) is 4.79 Å². The Morgan fingerprint density at radius 3 is 2.38 bits per heavy atom. The van der Waals surface area contributed by atoms with Gasteiger partial charge in [0.05, 0.1) is 11.5 Å². The number of carbonyl (C=O) groups is 1. The van der Waals surface area contributed by atoms with Crippen molar-refractivity contribution in [2.24, 2.45) is 16.7 Å². The Morgan fingerprint density at radius 2 is 1.79 bits per heavy atom. The largest absolute Gasteiger partial charge is 0.490 e. The lowest BCUT2D eigenvalue weighted by molar-refractivity contribution is -0.148. The molecule has 2 fully saturated rings. The molecule has 2 unspecified atom stereocenters. The highest BCUT2D eigenvalue weighted by atomic mass is 16.5. The summed E-state index contributed by atoms with van der Waals surface area (Å²) in [5.41, 5.74) is 2.25. The van der Waals surface area contributed by atoms with Crippen molar-refractivity contribution in [3.8, 4) is 5.75 Å². The summed E-state index contributed by atoms with van der Waals surface area (Å²) in [5, 5.41) is 16.0. The third-order valence-corrected chi connectivity index (χ3v) is 8.82. The van der Waals surface area contributed by atoms with Crippen LogP contribution < -0.4 is 10.1 Å². The van der Waals surface area contributed by atoms with Crippen molar-refractivity contribution in [1.82, 2.24) is 5.32 Å². The Hall–Kier alpha value is -2.07. The van der Waals surface area contributed by atoms with Crippen molar-refractivity contribution in [3.05, 3.63) is 41.5 Å². The lowest BCUT2D eigenvalue weighted by atomic mass is 9.72. The third-order valence-electron chi connectivity index (χ3n) is 8.82. The maximum atomic E-state index is 11.9. The van der Waals surface area contributed by atoms with Gasteiger partial charge in [0.15, 0.2) is 0 Å². The molecule has 0 bridgehead atoms. The average molecular weight is 466 g/mol. The normalized spacial score (nSPS) is 27.7. The van der Waals surface area contributed by atoms with Gasteiger partial charge in [-0.2, -0.15) is 0 Å². The fourth-order valence-electron chi connectivity index (χ4n) is 6.31. The van der Waals surface area contributed by atoms with E-state index in [-0.39, 0.29) is 12.1 Å². The molecular formula is C30H43NO3. The first-order valence-corrected chi connectivity index (χ1v) is 13.3. The molecule has 2 atom stereocenters. The van der Waals surface area contributed by atoms with Gasteiger partial charge in [-0.15, -0.1) is 0 Å². The van der Waals surface area contributed by atoms with Crippen molar-refractivity contribution in [2.75, 3.05) is 0 Å². The molecule has 0 radical (unpaired) electrons. The van der Waals surface area contributed by atoms with Crippen LogP contribution >= 0.6 is 0 Å². The molecule has 2 saturated carbocycles. The van der Waals surface area contributed by atoms with E-state index in [4.69, 9.17) is 4.74 Å². The minimum absolute atomic E-state index is 0.228. The van der Waals surface area contributed by atoms with Crippen molar-refractivity contribution in [3.63, 3.8) is 0 Å². The molecule has 0 aromatic heterocycles. The molecule has 2 aromatic carbocycles. The van der Waals surface area contributed by atoms with E-state index in [9.17, 15) is 9.90 Å². The van der Waals surface area contributed by atoms with E-state index in [1.54, 1.807) is 0 Å². The van der Waals surface area contributed by atoms with Gasteiger partial charge < -0.3 is 15.2 Å². The van der Waals surface area contributed by atoms with Crippen LogP contribution in [-0.4, -0.2) is 23.2 Å². The summed E-state index contributed by atoms with van der Waals surface area (Å²) in [4.78, 5) is 11.9. The minimum atomic E-state index is -0.644. The van der Waals surface area contributed by atoms with Crippen LogP contribution in [-0.2, 0) is 11.3 Å². The monoisotopic (exact) mass is 465 g/mol. The number of carboxylic acid groups (broad SMARTS) is 1. The fourth-order valence-corrected chi connectivity index (χ4v) is 6.31. The van der Waals surface area contributed by atoms with Crippen LogP contribution in [0.1, 0.15) is 90.2 Å². The first-order valence-electron chi connectivity index (χ1n) is 13.3. The van der Waals surface area contributed by atoms with Crippen LogP contribution in [0.15, 0.2) is 30.3 Å². The second-order valence-electron chi connectivity index (χ2n) is 11.9. The van der Waals surface area contributed by atoms with Gasteiger partial charge in [0.2, 0.25) is 0 Å². The molecule has 2 aliphatic carbocycles. The summed E-state index contributed by atoms with van der Waals surface area (Å²) in [6.07, 6.45) is 8.01. The molecule has 4 heteroatoms. The van der Waals surface area contributed by atoms with Crippen LogP contribution in [0.3, 0.4) is 0 Å². The molecule has 2 aliphatic rings. The lowest BCUT2D eigenvalue weighted by Crippen LogP contribution is -2.32. The van der Waals surface area contributed by atoms with E-state index < -0.39 is 11.4 Å². The average Bonchev–Trinajstić information content (AvgIpc) is 3.24. The predicted octanol–water partition coefficient (Wildman–Crippen LogP) is 7.26. The number of aryl methyl sites for hydroxylation is 1. The number of hydrogen-bond acceptors (Lipinski definition) is 3. The predicted molar refractivity (Wildman–Crippen MR) is 139 cm³/mol. The smallest absolute Gasteiger partial charge is 0.309 e. The number of nitrogens with one attached hydrogen (secondary N) is 1. The summed E-state index contributed by atoms with van der Waals surface area (Å²) in [6, 6.07) is 11.0. The van der Waals surface area contributed by atoms with E-state index in [0.717, 1.165) is 37.4 Å². The number of benzene rings is 2. The highest BCUT2D eigenvalue weighted by molar-refractivity contribution is 5.90. The van der Waals surface area contributed by atoms with E-state index in [1.807, 2.05) is 6.92 Å². The van der Waals surface area contributed by atoms with Gasteiger partial charge in [0.25, 0.3) is 0 Å². The molecular weight excluding hydrogens is 422 g/mol. The van der Waals surface area contributed by atoms with E-state index in [0.29, 0.717) is 24.8 Å². The zero-order valence-electron chi connectivity index (χ0n) is 21.7. The lowest BCUT2D eigenvalue weighted by Gasteiger charge is -2.37. The van der Waals surface area contributed by atoms with E-state index in [2.05, 4.69) is 63.3 Å². The molecule has 2 aromatic rings. The van der Waals surface area contributed by atoms with Crippen LogP contribution in [0.4, 0.5) is 0 Å². The highest BCUT2D eigenvalue weighted by Gasteiger charge is 2.43. The minimum Gasteiger partial charge on any atom is -0.490 e. The Kier molecular flexibility index (Phi) is 7.28. The van der Waals surface area contributed by atoms with Crippen molar-refractivity contribution < 1.29 is 14.6 Å². The first kappa shape index (κ1) is 25.0. The van der Waals surface area contributed by atoms with Gasteiger partial charge in [-0.05, 0) is 92.0 Å². The number of hydrogen-bond donors (Lipinski definition) is 2. The standard InChI is InChI=1S/C30H43NO3/c1-6-30(28(32)33)16-15-22(18-30)31-19-26-25-10-8-7-9-24(25)20(2)17-27(26)34-23-13-11-21(12-14-23)29(3,4)5/h7-10,17,21-23,31H,6,11-16,18-19H2,1-5H3,(H,32,33). The fraction of sp³-hybridized carbons (Fsp3) is 0.633. The van der Waals surface area contributed by atoms with Crippen LogP contribution in [0.25, 0.3) is 10.8 Å². The molecule has 0 saturated heterocycles. The van der Waals surface area contributed by atoms with Gasteiger partial charge in [-0.25, -0.2) is 0 Å². The second-order valence-corrected chi connectivity index (χ2v) is 11.9. The topological polar surface area (TPSA) is 58.6 Å². The summed E-state index contributed by atoms with van der Waals surface area (Å²) in [5.74, 6) is 1.12. The summed E-state index contributed by atoms with van der Waals surface area (Å²) in [6.45, 7) is 12.0. The molecule has 4 nitrogen and oxygen atoms in total. The molecule has 34 heavy (non-hydrogen) atoms. The summed E-state index contributed by atoms with van der Waals surface area (Å²) < 4.78 is 6.72. The molecule has 0 aliphatic heterocycles. The molecule has 0 spiro atoms. The van der Waals surface area contributed by atoms with Gasteiger partial charge in [0.1, 0.15) is 5.75 Å². The van der Waals surface area contributed by atoms with E-state index in [1.165, 1.54) is 34.7 Å². The zero-order chi connectivity index (χ0) is 24.5. The second kappa shape index (κ2) is 9.89. The Bertz CT molecular complexity index is 1020. The SMILES string of the molecule is CCC1(C(=O)O)CCC(NCc2c(OC3CCC(C(C)(C)C)CC3)cc(C)c3ccccc23)C1. The van der Waals surface area contributed by atoms with Crippen LogP contribution in [0.5, 0.6) is 5.75 Å². The van der Waals surface area contributed by atoms with Gasteiger partial charge in [-0.1, -0.05) is 52.0 Å². The van der Waals surface area contributed by atoms with Crippen LogP contribution in [0, 0.1) is 23.7 Å². The maximum Gasteiger partial charge on any atom is 0.309 e. The Morgan fingerprint density at radius 1 is 1.12 bits per heavy atom. The molecule has 186 valence electrons. The number of ether oxygens (including phenoxy) is 1. The number of aliphatic carboxylic acids is 1. The number of carboxylic acids is 1. The third kappa shape index (κ3) is 5.12. The first-order chi connectivity index (χ1) is 16.1.